The maximum Gasteiger partial charge on any atom is 0.233 e. The lowest BCUT2D eigenvalue weighted by Crippen LogP contribution is -2.36. The third kappa shape index (κ3) is 4.04. The van der Waals surface area contributed by atoms with Crippen LogP contribution in [0, 0.1) is 0 Å². The molecule has 1 amide bonds. The molecule has 7 heteroatoms. The van der Waals surface area contributed by atoms with Crippen molar-refractivity contribution < 1.29 is 9.90 Å². The first kappa shape index (κ1) is 17.5. The first-order valence-electron chi connectivity index (χ1n) is 8.43. The summed E-state index contributed by atoms with van der Waals surface area (Å²) in [6, 6.07) is 7.02. The number of phenols is 1. The number of likely N-dealkylation sites (tertiary alicyclic amines) is 1. The number of carbonyl (C=O) groups is 1. The van der Waals surface area contributed by atoms with Crippen LogP contribution in [0.15, 0.2) is 42.1 Å². The maximum atomic E-state index is 12.4. The number of rotatable bonds is 6. The SMILES string of the molecule is C=CCn1c(SCC(=O)N2CCCCC2)nnc1-c1ccccc1O. The minimum Gasteiger partial charge on any atom is -0.507 e. The van der Waals surface area contributed by atoms with Gasteiger partial charge in [0.15, 0.2) is 11.0 Å². The Hall–Kier alpha value is -2.28. The Balaban J connectivity index is 1.76. The van der Waals surface area contributed by atoms with Gasteiger partial charge in [0.1, 0.15) is 5.75 Å². The number of thioether (sulfide) groups is 1. The van der Waals surface area contributed by atoms with Gasteiger partial charge in [-0.3, -0.25) is 9.36 Å². The predicted molar refractivity (Wildman–Crippen MR) is 98.5 cm³/mol. The fraction of sp³-hybridized carbons (Fsp3) is 0.389. The molecule has 0 spiro atoms. The number of hydrogen-bond donors (Lipinski definition) is 1. The highest BCUT2D eigenvalue weighted by Gasteiger charge is 2.20. The van der Waals surface area contributed by atoms with Crippen LogP contribution in [-0.2, 0) is 11.3 Å². The van der Waals surface area contributed by atoms with Crippen LogP contribution in [-0.4, -0.2) is 49.5 Å². The number of piperidine rings is 1. The summed E-state index contributed by atoms with van der Waals surface area (Å²) < 4.78 is 1.87. The number of allylic oxidation sites excluding steroid dienone is 1. The molecule has 3 rings (SSSR count). The molecule has 2 heterocycles. The number of aromatic hydroxyl groups is 1. The summed E-state index contributed by atoms with van der Waals surface area (Å²) in [6.07, 6.45) is 5.12. The zero-order valence-electron chi connectivity index (χ0n) is 14.1. The molecule has 1 aromatic heterocycles. The predicted octanol–water partition coefficient (Wildman–Crippen LogP) is 2.94. The molecule has 0 aliphatic carbocycles. The molecule has 0 saturated carbocycles. The van der Waals surface area contributed by atoms with E-state index in [4.69, 9.17) is 0 Å². The highest BCUT2D eigenvalue weighted by atomic mass is 32.2. The Labute approximate surface area is 151 Å². The summed E-state index contributed by atoms with van der Waals surface area (Å²) in [5, 5.41) is 19.2. The lowest BCUT2D eigenvalue weighted by atomic mass is 10.1. The quantitative estimate of drug-likeness (QED) is 0.635. The van der Waals surface area contributed by atoms with E-state index in [0.717, 1.165) is 25.9 Å². The number of benzene rings is 1. The standard InChI is InChI=1S/C18H22N4O2S/c1-2-10-22-17(14-8-4-5-9-15(14)23)19-20-18(22)25-13-16(24)21-11-6-3-7-12-21/h2,4-5,8-9,23H,1,3,6-7,10-13H2. The lowest BCUT2D eigenvalue weighted by molar-refractivity contribution is -0.129. The normalized spacial score (nSPS) is 14.5. The lowest BCUT2D eigenvalue weighted by Gasteiger charge is -2.26. The Morgan fingerprint density at radius 3 is 2.72 bits per heavy atom. The number of aromatic nitrogens is 3. The van der Waals surface area contributed by atoms with Gasteiger partial charge in [0, 0.05) is 19.6 Å². The molecular weight excluding hydrogens is 336 g/mol. The van der Waals surface area contributed by atoms with Gasteiger partial charge in [-0.1, -0.05) is 30.0 Å². The van der Waals surface area contributed by atoms with Gasteiger partial charge in [0.05, 0.1) is 11.3 Å². The molecule has 2 aromatic rings. The van der Waals surface area contributed by atoms with E-state index < -0.39 is 0 Å². The van der Waals surface area contributed by atoms with Crippen molar-refractivity contribution in [2.24, 2.45) is 0 Å². The molecule has 1 aromatic carbocycles. The van der Waals surface area contributed by atoms with Crippen molar-refractivity contribution in [2.45, 2.75) is 31.0 Å². The summed E-state index contributed by atoms with van der Waals surface area (Å²) in [6.45, 7) is 5.99. The number of para-hydroxylation sites is 1. The van der Waals surface area contributed by atoms with Crippen LogP contribution >= 0.6 is 11.8 Å². The molecule has 1 aliphatic rings. The van der Waals surface area contributed by atoms with Crippen LogP contribution in [0.1, 0.15) is 19.3 Å². The molecule has 1 aliphatic heterocycles. The molecule has 1 N–H and O–H groups in total. The third-order valence-electron chi connectivity index (χ3n) is 4.21. The van der Waals surface area contributed by atoms with E-state index in [-0.39, 0.29) is 11.7 Å². The van der Waals surface area contributed by atoms with E-state index in [1.807, 2.05) is 15.5 Å². The van der Waals surface area contributed by atoms with Gasteiger partial charge in [-0.2, -0.15) is 0 Å². The first-order valence-corrected chi connectivity index (χ1v) is 9.42. The Morgan fingerprint density at radius 2 is 2.00 bits per heavy atom. The molecular formula is C18H22N4O2S. The third-order valence-corrected chi connectivity index (χ3v) is 5.16. The number of hydrogen-bond acceptors (Lipinski definition) is 5. The molecule has 0 atom stereocenters. The summed E-state index contributed by atoms with van der Waals surface area (Å²) in [5.74, 6) is 1.21. The van der Waals surface area contributed by atoms with E-state index in [0.29, 0.717) is 28.8 Å². The van der Waals surface area contributed by atoms with Crippen LogP contribution in [0.2, 0.25) is 0 Å². The summed E-state index contributed by atoms with van der Waals surface area (Å²) in [4.78, 5) is 14.3. The highest BCUT2D eigenvalue weighted by Crippen LogP contribution is 2.30. The molecule has 6 nitrogen and oxygen atoms in total. The molecule has 0 unspecified atom stereocenters. The van der Waals surface area contributed by atoms with Crippen LogP contribution < -0.4 is 0 Å². The van der Waals surface area contributed by atoms with Crippen molar-refractivity contribution in [3.05, 3.63) is 36.9 Å². The fourth-order valence-electron chi connectivity index (χ4n) is 2.91. The molecule has 1 saturated heterocycles. The van der Waals surface area contributed by atoms with E-state index in [1.165, 1.54) is 18.2 Å². The Kier molecular flexibility index (Phi) is 5.75. The van der Waals surface area contributed by atoms with Crippen molar-refractivity contribution in [1.29, 1.82) is 0 Å². The second kappa shape index (κ2) is 8.20. The van der Waals surface area contributed by atoms with Crippen molar-refractivity contribution in [3.8, 4) is 17.1 Å². The maximum absolute atomic E-state index is 12.4. The molecule has 0 radical (unpaired) electrons. The van der Waals surface area contributed by atoms with Gasteiger partial charge in [0.25, 0.3) is 0 Å². The smallest absolute Gasteiger partial charge is 0.233 e. The van der Waals surface area contributed by atoms with E-state index in [9.17, 15) is 9.90 Å². The molecule has 25 heavy (non-hydrogen) atoms. The van der Waals surface area contributed by atoms with Gasteiger partial charge in [-0.15, -0.1) is 16.8 Å². The first-order chi connectivity index (χ1) is 12.2. The van der Waals surface area contributed by atoms with E-state index in [1.54, 1.807) is 24.3 Å². The second-order valence-corrected chi connectivity index (χ2v) is 6.90. The van der Waals surface area contributed by atoms with Crippen LogP contribution in [0.3, 0.4) is 0 Å². The van der Waals surface area contributed by atoms with Gasteiger partial charge < -0.3 is 10.0 Å². The zero-order valence-corrected chi connectivity index (χ0v) is 14.9. The van der Waals surface area contributed by atoms with Crippen molar-refractivity contribution in [2.75, 3.05) is 18.8 Å². The molecule has 132 valence electrons. The summed E-state index contributed by atoms with van der Waals surface area (Å²) in [5.41, 5.74) is 0.617. The number of amides is 1. The minimum atomic E-state index is 0.141. The van der Waals surface area contributed by atoms with E-state index in [2.05, 4.69) is 16.8 Å². The topological polar surface area (TPSA) is 71.2 Å². The van der Waals surface area contributed by atoms with E-state index >= 15 is 0 Å². The number of carbonyl (C=O) groups excluding carboxylic acids is 1. The number of phenolic OH excluding ortho intramolecular Hbond substituents is 1. The minimum absolute atomic E-state index is 0.141. The summed E-state index contributed by atoms with van der Waals surface area (Å²) in [7, 11) is 0. The van der Waals surface area contributed by atoms with Crippen molar-refractivity contribution in [1.82, 2.24) is 19.7 Å². The van der Waals surface area contributed by atoms with Crippen molar-refractivity contribution >= 4 is 17.7 Å². The Morgan fingerprint density at radius 1 is 1.24 bits per heavy atom. The monoisotopic (exact) mass is 358 g/mol. The van der Waals surface area contributed by atoms with Gasteiger partial charge in [-0.25, -0.2) is 0 Å². The second-order valence-electron chi connectivity index (χ2n) is 5.95. The van der Waals surface area contributed by atoms with Crippen molar-refractivity contribution in [3.63, 3.8) is 0 Å². The highest BCUT2D eigenvalue weighted by molar-refractivity contribution is 7.99. The van der Waals surface area contributed by atoms with Crippen LogP contribution in [0.25, 0.3) is 11.4 Å². The van der Waals surface area contributed by atoms with Crippen LogP contribution in [0.5, 0.6) is 5.75 Å². The van der Waals surface area contributed by atoms with Crippen LogP contribution in [0.4, 0.5) is 0 Å². The van der Waals surface area contributed by atoms with Gasteiger partial charge in [0.2, 0.25) is 5.91 Å². The summed E-state index contributed by atoms with van der Waals surface area (Å²) >= 11 is 1.38. The van der Waals surface area contributed by atoms with Gasteiger partial charge in [-0.05, 0) is 31.4 Å². The fourth-order valence-corrected chi connectivity index (χ4v) is 3.76. The average Bonchev–Trinajstić information content (AvgIpc) is 3.04. The molecule has 1 fully saturated rings. The average molecular weight is 358 g/mol. The number of nitrogens with zero attached hydrogens (tertiary/aromatic N) is 4. The van der Waals surface area contributed by atoms with Gasteiger partial charge >= 0.3 is 0 Å². The Bertz CT molecular complexity index is 753. The largest absolute Gasteiger partial charge is 0.507 e. The molecule has 0 bridgehead atoms. The zero-order chi connectivity index (χ0) is 17.6.